The molecule has 0 saturated carbocycles. The molecule has 0 unspecified atom stereocenters. The zero-order valence-electron chi connectivity index (χ0n) is 14.1. The Morgan fingerprint density at radius 2 is 1.74 bits per heavy atom. The summed E-state index contributed by atoms with van der Waals surface area (Å²) in [5.74, 6) is 0.0647. The van der Waals surface area contributed by atoms with E-state index in [4.69, 9.17) is 0 Å². The molecule has 138 valence electrons. The highest BCUT2D eigenvalue weighted by atomic mass is 79.9. The summed E-state index contributed by atoms with van der Waals surface area (Å²) in [6.07, 6.45) is 0. The lowest BCUT2D eigenvalue weighted by Crippen LogP contribution is -2.18. The number of aromatic nitrogens is 1. The smallest absolute Gasteiger partial charge is 0.236 e. The lowest BCUT2D eigenvalue weighted by Gasteiger charge is -2.05. The molecule has 0 aliphatic heterocycles. The zero-order valence-corrected chi connectivity index (χ0v) is 17.4. The molecule has 5 nitrogen and oxygen atoms in total. The van der Waals surface area contributed by atoms with Gasteiger partial charge in [-0.25, -0.2) is 4.98 Å². The Kier molecular flexibility index (Phi) is 7.03. The number of hydrogen-bond acceptors (Lipinski definition) is 5. The van der Waals surface area contributed by atoms with Crippen molar-refractivity contribution in [3.8, 4) is 11.3 Å². The SMILES string of the molecule is O=C(CSCC(=O)Nc1nc(-c2ccccc2)cs1)Nc1cccc(Br)c1. The van der Waals surface area contributed by atoms with Gasteiger partial charge in [-0.15, -0.1) is 23.1 Å². The monoisotopic (exact) mass is 461 g/mol. The lowest BCUT2D eigenvalue weighted by atomic mass is 10.2. The van der Waals surface area contributed by atoms with E-state index in [-0.39, 0.29) is 23.3 Å². The summed E-state index contributed by atoms with van der Waals surface area (Å²) in [6, 6.07) is 17.2. The number of nitrogens with one attached hydrogen (secondary N) is 2. The van der Waals surface area contributed by atoms with Gasteiger partial charge in [0.1, 0.15) is 0 Å². The van der Waals surface area contributed by atoms with Crippen LogP contribution in [0, 0.1) is 0 Å². The second-order valence-electron chi connectivity index (χ2n) is 5.50. The molecule has 1 heterocycles. The molecule has 0 fully saturated rings. The normalized spacial score (nSPS) is 10.4. The van der Waals surface area contributed by atoms with Crippen molar-refractivity contribution in [1.82, 2.24) is 4.98 Å². The van der Waals surface area contributed by atoms with Crippen molar-refractivity contribution >= 4 is 61.7 Å². The molecule has 0 aliphatic carbocycles. The molecule has 0 radical (unpaired) electrons. The Labute approximate surface area is 173 Å². The van der Waals surface area contributed by atoms with Gasteiger partial charge in [0.05, 0.1) is 17.2 Å². The fraction of sp³-hybridized carbons (Fsp3) is 0.105. The van der Waals surface area contributed by atoms with Gasteiger partial charge in [0.25, 0.3) is 0 Å². The molecule has 3 rings (SSSR count). The maximum absolute atomic E-state index is 12.0. The van der Waals surface area contributed by atoms with E-state index >= 15 is 0 Å². The summed E-state index contributed by atoms with van der Waals surface area (Å²) in [7, 11) is 0. The van der Waals surface area contributed by atoms with Gasteiger partial charge in [-0.05, 0) is 18.2 Å². The predicted molar refractivity (Wildman–Crippen MR) is 116 cm³/mol. The van der Waals surface area contributed by atoms with Crippen molar-refractivity contribution in [3.63, 3.8) is 0 Å². The number of carbonyl (C=O) groups excluding carboxylic acids is 2. The molecule has 27 heavy (non-hydrogen) atoms. The second-order valence-corrected chi connectivity index (χ2v) is 8.26. The van der Waals surface area contributed by atoms with Crippen LogP contribution in [0.25, 0.3) is 11.3 Å². The van der Waals surface area contributed by atoms with Gasteiger partial charge in [0, 0.05) is 21.1 Å². The summed E-state index contributed by atoms with van der Waals surface area (Å²) in [5.41, 5.74) is 2.56. The lowest BCUT2D eigenvalue weighted by molar-refractivity contribution is -0.114. The van der Waals surface area contributed by atoms with Gasteiger partial charge in [0.2, 0.25) is 11.8 Å². The Morgan fingerprint density at radius 1 is 1.00 bits per heavy atom. The molecule has 0 bridgehead atoms. The van der Waals surface area contributed by atoms with E-state index in [1.807, 2.05) is 60.0 Å². The van der Waals surface area contributed by atoms with Crippen LogP contribution in [-0.2, 0) is 9.59 Å². The van der Waals surface area contributed by atoms with Crippen LogP contribution in [0.5, 0.6) is 0 Å². The third-order valence-electron chi connectivity index (χ3n) is 3.39. The van der Waals surface area contributed by atoms with E-state index in [0.717, 1.165) is 21.4 Å². The van der Waals surface area contributed by atoms with Crippen molar-refractivity contribution < 1.29 is 9.59 Å². The van der Waals surface area contributed by atoms with Crippen molar-refractivity contribution in [1.29, 1.82) is 0 Å². The number of carbonyl (C=O) groups is 2. The summed E-state index contributed by atoms with van der Waals surface area (Å²) < 4.78 is 0.894. The maximum atomic E-state index is 12.0. The van der Waals surface area contributed by atoms with Crippen LogP contribution in [0.15, 0.2) is 64.5 Å². The van der Waals surface area contributed by atoms with Crippen LogP contribution >= 0.6 is 39.0 Å². The number of rotatable bonds is 7. The minimum Gasteiger partial charge on any atom is -0.325 e. The van der Waals surface area contributed by atoms with Gasteiger partial charge in [0.15, 0.2) is 5.13 Å². The molecule has 8 heteroatoms. The minimum atomic E-state index is -0.177. The first-order valence-electron chi connectivity index (χ1n) is 8.04. The third-order valence-corrected chi connectivity index (χ3v) is 5.58. The number of nitrogens with zero attached hydrogens (tertiary/aromatic N) is 1. The third kappa shape index (κ3) is 6.20. The molecule has 3 aromatic rings. The highest BCUT2D eigenvalue weighted by Gasteiger charge is 2.10. The van der Waals surface area contributed by atoms with Crippen molar-refractivity contribution in [2.75, 3.05) is 22.1 Å². The first-order valence-corrected chi connectivity index (χ1v) is 10.9. The van der Waals surface area contributed by atoms with Gasteiger partial charge in [-0.1, -0.05) is 52.3 Å². The van der Waals surface area contributed by atoms with Crippen LogP contribution in [-0.4, -0.2) is 28.3 Å². The fourth-order valence-corrected chi connectivity index (χ4v) is 3.98. The molecular weight excluding hydrogens is 446 g/mol. The largest absolute Gasteiger partial charge is 0.325 e. The average molecular weight is 462 g/mol. The highest BCUT2D eigenvalue weighted by Crippen LogP contribution is 2.24. The quantitative estimate of drug-likeness (QED) is 0.525. The molecule has 0 atom stereocenters. The molecule has 1 aromatic heterocycles. The fourth-order valence-electron chi connectivity index (χ4n) is 2.23. The number of benzene rings is 2. The number of anilines is 2. The topological polar surface area (TPSA) is 71.1 Å². The minimum absolute atomic E-state index is 0.147. The van der Waals surface area contributed by atoms with Gasteiger partial charge in [-0.2, -0.15) is 0 Å². The predicted octanol–water partition coefficient (Wildman–Crippen LogP) is 4.88. The Morgan fingerprint density at radius 3 is 2.48 bits per heavy atom. The average Bonchev–Trinajstić information content (AvgIpc) is 3.11. The summed E-state index contributed by atoms with van der Waals surface area (Å²) in [5, 5.41) is 8.03. The van der Waals surface area contributed by atoms with E-state index in [2.05, 4.69) is 31.5 Å². The van der Waals surface area contributed by atoms with E-state index in [1.54, 1.807) is 0 Å². The van der Waals surface area contributed by atoms with Crippen LogP contribution in [0.3, 0.4) is 0 Å². The molecule has 0 saturated heterocycles. The molecule has 2 amide bonds. The van der Waals surface area contributed by atoms with E-state index in [1.165, 1.54) is 23.1 Å². The van der Waals surface area contributed by atoms with Gasteiger partial charge in [-0.3, -0.25) is 9.59 Å². The number of thioether (sulfide) groups is 1. The standard InChI is InChI=1S/C19H16BrN3O2S2/c20-14-7-4-8-15(9-14)21-17(24)11-26-12-18(25)23-19-22-16(10-27-19)13-5-2-1-3-6-13/h1-10H,11-12H2,(H,21,24)(H,22,23,25). The number of halogens is 1. The first-order chi connectivity index (χ1) is 13.1. The van der Waals surface area contributed by atoms with Crippen molar-refractivity contribution in [2.24, 2.45) is 0 Å². The van der Waals surface area contributed by atoms with Crippen LogP contribution in [0.4, 0.5) is 10.8 Å². The van der Waals surface area contributed by atoms with Crippen molar-refractivity contribution in [3.05, 3.63) is 64.5 Å². The van der Waals surface area contributed by atoms with Crippen LogP contribution in [0.1, 0.15) is 0 Å². The van der Waals surface area contributed by atoms with Gasteiger partial charge >= 0.3 is 0 Å². The zero-order chi connectivity index (χ0) is 19.1. The van der Waals surface area contributed by atoms with Crippen LogP contribution in [0.2, 0.25) is 0 Å². The molecule has 0 aliphatic rings. The Balaban J connectivity index is 1.42. The summed E-state index contributed by atoms with van der Waals surface area (Å²) >= 11 is 5.99. The summed E-state index contributed by atoms with van der Waals surface area (Å²) in [6.45, 7) is 0. The Hall–Kier alpha value is -2.16. The van der Waals surface area contributed by atoms with Crippen LogP contribution < -0.4 is 10.6 Å². The van der Waals surface area contributed by atoms with E-state index in [9.17, 15) is 9.59 Å². The van der Waals surface area contributed by atoms with E-state index < -0.39 is 0 Å². The molecular formula is C19H16BrN3O2S2. The molecule has 0 spiro atoms. The highest BCUT2D eigenvalue weighted by molar-refractivity contribution is 9.10. The maximum Gasteiger partial charge on any atom is 0.236 e. The van der Waals surface area contributed by atoms with Gasteiger partial charge < -0.3 is 10.6 Å². The number of thiazole rings is 1. The molecule has 2 aromatic carbocycles. The number of amides is 2. The van der Waals surface area contributed by atoms with Crippen molar-refractivity contribution in [2.45, 2.75) is 0 Å². The Bertz CT molecular complexity index is 931. The first kappa shape index (κ1) is 19.6. The summed E-state index contributed by atoms with van der Waals surface area (Å²) in [4.78, 5) is 28.4. The number of hydrogen-bond donors (Lipinski definition) is 2. The van der Waals surface area contributed by atoms with E-state index in [0.29, 0.717) is 5.13 Å². The second kappa shape index (κ2) is 9.68. The molecule has 2 N–H and O–H groups in total.